The zero-order valence-corrected chi connectivity index (χ0v) is 9.92. The Morgan fingerprint density at radius 1 is 1.31 bits per heavy atom. The molecule has 1 unspecified atom stereocenters. The van der Waals surface area contributed by atoms with Crippen molar-refractivity contribution < 1.29 is 4.74 Å². The lowest BCUT2D eigenvalue weighted by Crippen LogP contribution is -2.26. The molecule has 0 aliphatic heterocycles. The number of hydrogen-bond acceptors (Lipinski definition) is 2. The Balaban J connectivity index is 2.61. The number of hydrogen-bond donors (Lipinski definition) is 0. The fraction of sp³-hybridized carbons (Fsp3) is 0.500. The van der Waals surface area contributed by atoms with E-state index in [0.717, 1.165) is 5.56 Å². The van der Waals surface area contributed by atoms with E-state index in [1.807, 2.05) is 51.1 Å². The molecule has 0 saturated carbocycles. The van der Waals surface area contributed by atoms with Gasteiger partial charge in [0.05, 0.1) is 6.61 Å². The van der Waals surface area contributed by atoms with E-state index in [9.17, 15) is 0 Å². The molecule has 4 nitrogen and oxygen atoms in total. The van der Waals surface area contributed by atoms with Gasteiger partial charge in [-0.1, -0.05) is 56.2 Å². The Morgan fingerprint density at radius 2 is 1.94 bits per heavy atom. The minimum Gasteiger partial charge on any atom is -0.367 e. The summed E-state index contributed by atoms with van der Waals surface area (Å²) in [6.45, 7) is 6.41. The lowest BCUT2D eigenvalue weighted by Gasteiger charge is -2.26. The smallest absolute Gasteiger partial charge is 0.141 e. The summed E-state index contributed by atoms with van der Waals surface area (Å²) in [6, 6.07) is 9.83. The maximum absolute atomic E-state index is 8.48. The highest BCUT2D eigenvalue weighted by atomic mass is 16.5. The molecule has 1 aromatic rings. The molecule has 0 aliphatic rings. The Labute approximate surface area is 95.9 Å². The van der Waals surface area contributed by atoms with Crippen molar-refractivity contribution in [2.75, 3.05) is 0 Å². The second kappa shape index (κ2) is 5.54. The van der Waals surface area contributed by atoms with Crippen molar-refractivity contribution in [2.24, 2.45) is 10.5 Å². The molecular weight excluding hydrogens is 202 g/mol. The summed E-state index contributed by atoms with van der Waals surface area (Å²) in [7, 11) is 0. The molecule has 0 bridgehead atoms. The lowest BCUT2D eigenvalue weighted by molar-refractivity contribution is -0.0232. The predicted octanol–water partition coefficient (Wildman–Crippen LogP) is 3.89. The van der Waals surface area contributed by atoms with Crippen molar-refractivity contribution in [3.63, 3.8) is 0 Å². The Hall–Kier alpha value is -1.51. The topological polar surface area (TPSA) is 58.0 Å². The van der Waals surface area contributed by atoms with Crippen LogP contribution in [0.25, 0.3) is 10.4 Å². The molecule has 0 spiro atoms. The normalized spacial score (nSPS) is 12.9. The first kappa shape index (κ1) is 12.6. The van der Waals surface area contributed by atoms with E-state index in [1.54, 1.807) is 0 Å². The van der Waals surface area contributed by atoms with Gasteiger partial charge in [-0.3, -0.25) is 0 Å². The summed E-state index contributed by atoms with van der Waals surface area (Å²) in [5.74, 6) is 0. The quantitative estimate of drug-likeness (QED) is 0.430. The molecule has 0 radical (unpaired) electrons. The van der Waals surface area contributed by atoms with Crippen LogP contribution in [0.5, 0.6) is 0 Å². The van der Waals surface area contributed by atoms with E-state index >= 15 is 0 Å². The van der Waals surface area contributed by atoms with E-state index in [2.05, 4.69) is 10.0 Å². The molecule has 16 heavy (non-hydrogen) atoms. The third-order valence-electron chi connectivity index (χ3n) is 2.15. The van der Waals surface area contributed by atoms with Crippen LogP contribution < -0.4 is 0 Å². The summed E-state index contributed by atoms with van der Waals surface area (Å²) in [5.41, 5.74) is 9.36. The van der Waals surface area contributed by atoms with Gasteiger partial charge in [0.25, 0.3) is 0 Å². The Bertz CT molecular complexity index is 364. The molecule has 4 heteroatoms. The molecule has 86 valence electrons. The zero-order valence-electron chi connectivity index (χ0n) is 9.92. The Morgan fingerprint density at radius 3 is 2.44 bits per heavy atom. The fourth-order valence-electron chi connectivity index (χ4n) is 1.25. The monoisotopic (exact) mass is 219 g/mol. The highest BCUT2D eigenvalue weighted by molar-refractivity contribution is 5.13. The molecule has 1 rings (SSSR count). The summed E-state index contributed by atoms with van der Waals surface area (Å²) in [5, 5.41) is 3.67. The SMILES string of the molecule is CC(C)(C)C(N=[N+]=[N-])OCc1ccccc1. The van der Waals surface area contributed by atoms with Crippen molar-refractivity contribution in [3.05, 3.63) is 46.3 Å². The van der Waals surface area contributed by atoms with Gasteiger partial charge in [0.2, 0.25) is 0 Å². The van der Waals surface area contributed by atoms with E-state index in [-0.39, 0.29) is 5.41 Å². The van der Waals surface area contributed by atoms with Crippen LogP contribution in [0.2, 0.25) is 0 Å². The first-order valence-electron chi connectivity index (χ1n) is 5.24. The molecule has 0 fully saturated rings. The third kappa shape index (κ3) is 3.93. The molecule has 1 atom stereocenters. The molecule has 0 heterocycles. The van der Waals surface area contributed by atoms with Gasteiger partial charge in [0.15, 0.2) is 0 Å². The largest absolute Gasteiger partial charge is 0.367 e. The standard InChI is InChI=1S/C12H17N3O/c1-12(2,3)11(14-15-13)16-9-10-7-5-4-6-8-10/h4-8,11H,9H2,1-3H3. The molecule has 0 aromatic heterocycles. The van der Waals surface area contributed by atoms with E-state index in [1.165, 1.54) is 0 Å². The number of nitrogens with zero attached hydrogens (tertiary/aromatic N) is 3. The third-order valence-corrected chi connectivity index (χ3v) is 2.15. The van der Waals surface area contributed by atoms with E-state index in [0.29, 0.717) is 6.61 Å². The number of azide groups is 1. The molecule has 1 aromatic carbocycles. The number of ether oxygens (including phenoxy) is 1. The van der Waals surface area contributed by atoms with Gasteiger partial charge in [0, 0.05) is 4.91 Å². The summed E-state index contributed by atoms with van der Waals surface area (Å²) in [4.78, 5) is 2.81. The van der Waals surface area contributed by atoms with Crippen molar-refractivity contribution in [3.8, 4) is 0 Å². The average molecular weight is 219 g/mol. The number of benzene rings is 1. The number of rotatable bonds is 4. The van der Waals surface area contributed by atoms with Gasteiger partial charge in [-0.2, -0.15) is 0 Å². The van der Waals surface area contributed by atoms with Crippen LogP contribution in [0, 0.1) is 5.41 Å². The highest BCUT2D eigenvalue weighted by Crippen LogP contribution is 2.24. The van der Waals surface area contributed by atoms with Gasteiger partial charge in [-0.25, -0.2) is 0 Å². The summed E-state index contributed by atoms with van der Waals surface area (Å²) in [6.07, 6.45) is -0.447. The van der Waals surface area contributed by atoms with Crippen molar-refractivity contribution in [2.45, 2.75) is 33.6 Å². The summed E-state index contributed by atoms with van der Waals surface area (Å²) < 4.78 is 5.61. The first-order chi connectivity index (χ1) is 7.54. The van der Waals surface area contributed by atoms with Crippen LogP contribution in [0.15, 0.2) is 35.4 Å². The van der Waals surface area contributed by atoms with E-state index in [4.69, 9.17) is 10.3 Å². The second-order valence-corrected chi connectivity index (χ2v) is 4.72. The minimum atomic E-state index is -0.447. The lowest BCUT2D eigenvalue weighted by atomic mass is 9.95. The molecule has 0 amide bonds. The Kier molecular flexibility index (Phi) is 4.35. The van der Waals surface area contributed by atoms with Gasteiger partial charge < -0.3 is 4.74 Å². The maximum atomic E-state index is 8.48. The molecular formula is C12H17N3O. The minimum absolute atomic E-state index is 0.193. The van der Waals surface area contributed by atoms with Crippen LogP contribution in [0.1, 0.15) is 26.3 Å². The van der Waals surface area contributed by atoms with Crippen LogP contribution in [-0.4, -0.2) is 6.23 Å². The predicted molar refractivity (Wildman–Crippen MR) is 63.6 cm³/mol. The van der Waals surface area contributed by atoms with Gasteiger partial charge in [0.1, 0.15) is 6.23 Å². The van der Waals surface area contributed by atoms with Gasteiger partial charge in [-0.15, -0.1) is 0 Å². The van der Waals surface area contributed by atoms with Gasteiger partial charge >= 0.3 is 0 Å². The van der Waals surface area contributed by atoms with Crippen molar-refractivity contribution in [1.29, 1.82) is 0 Å². The molecule has 0 N–H and O–H groups in total. The van der Waals surface area contributed by atoms with Crippen LogP contribution in [-0.2, 0) is 11.3 Å². The van der Waals surface area contributed by atoms with Gasteiger partial charge in [-0.05, 0) is 16.5 Å². The van der Waals surface area contributed by atoms with E-state index < -0.39 is 6.23 Å². The van der Waals surface area contributed by atoms with Crippen LogP contribution in [0.4, 0.5) is 0 Å². The molecule has 0 saturated heterocycles. The second-order valence-electron chi connectivity index (χ2n) is 4.72. The average Bonchev–Trinajstić information content (AvgIpc) is 2.24. The zero-order chi connectivity index (χ0) is 12.0. The summed E-state index contributed by atoms with van der Waals surface area (Å²) >= 11 is 0. The van der Waals surface area contributed by atoms with Crippen LogP contribution >= 0.6 is 0 Å². The van der Waals surface area contributed by atoms with Crippen LogP contribution in [0.3, 0.4) is 0 Å². The highest BCUT2D eigenvalue weighted by Gasteiger charge is 2.24. The first-order valence-corrected chi connectivity index (χ1v) is 5.24. The molecule has 0 aliphatic carbocycles. The van der Waals surface area contributed by atoms with Crippen molar-refractivity contribution in [1.82, 2.24) is 0 Å². The fourth-order valence-corrected chi connectivity index (χ4v) is 1.25. The van der Waals surface area contributed by atoms with Crippen molar-refractivity contribution >= 4 is 0 Å². The maximum Gasteiger partial charge on any atom is 0.141 e.